The highest BCUT2D eigenvalue weighted by Gasteiger charge is 2.43. The Morgan fingerprint density at radius 2 is 2.38 bits per heavy atom. The number of hydrogen-bond donors (Lipinski definition) is 1. The summed E-state index contributed by atoms with van der Waals surface area (Å²) in [5.41, 5.74) is 2.30. The fourth-order valence-corrected chi connectivity index (χ4v) is 3.72. The molecule has 0 aliphatic heterocycles. The number of aryl methyl sites for hydroxylation is 1. The van der Waals surface area contributed by atoms with Crippen LogP contribution in [0, 0.1) is 12.8 Å². The van der Waals surface area contributed by atoms with Crippen LogP contribution >= 0.6 is 27.3 Å². The van der Waals surface area contributed by atoms with E-state index in [9.17, 15) is 4.79 Å². The third-order valence-electron chi connectivity index (χ3n) is 3.71. The van der Waals surface area contributed by atoms with E-state index in [4.69, 9.17) is 0 Å². The summed E-state index contributed by atoms with van der Waals surface area (Å²) in [5, 5.41) is 6.17. The number of hydrogen-bond acceptors (Lipinski definition) is 3. The van der Waals surface area contributed by atoms with Gasteiger partial charge in [0.05, 0.1) is 5.01 Å². The first-order chi connectivity index (χ1) is 10.1. The Balaban J connectivity index is 1.47. The molecule has 2 aromatic rings. The molecule has 2 atom stereocenters. The van der Waals surface area contributed by atoms with Crippen molar-refractivity contribution in [3.63, 3.8) is 0 Å². The van der Waals surface area contributed by atoms with Crippen LogP contribution in [0.15, 0.2) is 34.1 Å². The Labute approximate surface area is 136 Å². The molecule has 0 unspecified atom stereocenters. The second-order valence-corrected chi connectivity index (χ2v) is 7.29. The predicted molar refractivity (Wildman–Crippen MR) is 88.6 cm³/mol. The summed E-state index contributed by atoms with van der Waals surface area (Å²) in [6, 6.07) is 8.24. The lowest BCUT2D eigenvalue weighted by molar-refractivity contribution is -0.122. The van der Waals surface area contributed by atoms with Gasteiger partial charge in [-0.15, -0.1) is 11.3 Å². The first-order valence-electron chi connectivity index (χ1n) is 7.07. The van der Waals surface area contributed by atoms with E-state index in [1.54, 1.807) is 11.3 Å². The van der Waals surface area contributed by atoms with Gasteiger partial charge in [-0.3, -0.25) is 4.79 Å². The van der Waals surface area contributed by atoms with E-state index in [0.29, 0.717) is 12.5 Å². The van der Waals surface area contributed by atoms with Crippen LogP contribution in [-0.2, 0) is 11.2 Å². The number of carbonyl (C=O) groups excluding carboxylic acids is 1. The molecule has 3 rings (SSSR count). The van der Waals surface area contributed by atoms with Crippen LogP contribution in [-0.4, -0.2) is 17.4 Å². The van der Waals surface area contributed by atoms with Crippen LogP contribution in [0.1, 0.15) is 28.6 Å². The molecule has 0 bridgehead atoms. The highest BCUT2D eigenvalue weighted by Crippen LogP contribution is 2.47. The van der Waals surface area contributed by atoms with E-state index in [1.165, 1.54) is 5.56 Å². The van der Waals surface area contributed by atoms with Gasteiger partial charge in [0.15, 0.2) is 0 Å². The second kappa shape index (κ2) is 6.28. The Morgan fingerprint density at radius 1 is 1.52 bits per heavy atom. The Morgan fingerprint density at radius 3 is 3.10 bits per heavy atom. The van der Waals surface area contributed by atoms with Gasteiger partial charge in [0.2, 0.25) is 5.91 Å². The molecule has 1 aliphatic rings. The Kier molecular flexibility index (Phi) is 4.40. The average molecular weight is 365 g/mol. The van der Waals surface area contributed by atoms with E-state index in [1.807, 2.05) is 24.4 Å². The van der Waals surface area contributed by atoms with E-state index < -0.39 is 0 Å². The third-order valence-corrected chi connectivity index (χ3v) is 5.23. The molecule has 3 nitrogen and oxygen atoms in total. The zero-order valence-electron chi connectivity index (χ0n) is 11.8. The van der Waals surface area contributed by atoms with Crippen LogP contribution in [0.3, 0.4) is 0 Å². The molecular weight excluding hydrogens is 348 g/mol. The maximum absolute atomic E-state index is 12.1. The number of aromatic nitrogens is 1. The molecule has 5 heteroatoms. The van der Waals surface area contributed by atoms with Crippen LogP contribution < -0.4 is 5.32 Å². The molecule has 110 valence electrons. The van der Waals surface area contributed by atoms with E-state index in [2.05, 4.69) is 38.4 Å². The van der Waals surface area contributed by atoms with Crippen molar-refractivity contribution in [2.75, 3.05) is 6.54 Å². The summed E-state index contributed by atoms with van der Waals surface area (Å²) in [5.74, 6) is 0.690. The second-order valence-electron chi connectivity index (χ2n) is 5.43. The molecule has 1 N–H and O–H groups in total. The lowest BCUT2D eigenvalue weighted by Crippen LogP contribution is -2.27. The van der Waals surface area contributed by atoms with Gasteiger partial charge in [-0.2, -0.15) is 0 Å². The molecule has 21 heavy (non-hydrogen) atoms. The minimum Gasteiger partial charge on any atom is -0.355 e. The Hall–Kier alpha value is -1.20. The predicted octanol–water partition coefficient (Wildman–Crippen LogP) is 3.68. The minimum absolute atomic E-state index is 0.136. The fourth-order valence-electron chi connectivity index (χ4n) is 2.53. The van der Waals surface area contributed by atoms with E-state index in [-0.39, 0.29) is 11.8 Å². The quantitative estimate of drug-likeness (QED) is 0.878. The molecule has 1 aromatic carbocycles. The number of thiazole rings is 1. The standard InChI is InChI=1S/C16H17BrN2OS/c1-10-9-21-15(19-10)5-6-18-16(20)14-8-13(14)11-3-2-4-12(17)7-11/h2-4,7,9,13-14H,5-6,8H2,1H3,(H,18,20)/t13-,14+/m1/s1. The summed E-state index contributed by atoms with van der Waals surface area (Å²) in [6.07, 6.45) is 1.77. The molecule has 1 fully saturated rings. The number of rotatable bonds is 5. The van der Waals surface area contributed by atoms with Crippen LogP contribution in [0.2, 0.25) is 0 Å². The first-order valence-corrected chi connectivity index (χ1v) is 8.75. The lowest BCUT2D eigenvalue weighted by Gasteiger charge is -2.04. The van der Waals surface area contributed by atoms with Crippen molar-refractivity contribution in [3.05, 3.63) is 50.4 Å². The number of nitrogens with one attached hydrogen (secondary N) is 1. The van der Waals surface area contributed by atoms with Gasteiger partial charge < -0.3 is 5.32 Å². The fraction of sp³-hybridized carbons (Fsp3) is 0.375. The van der Waals surface area contributed by atoms with Gasteiger partial charge in [0.25, 0.3) is 0 Å². The van der Waals surface area contributed by atoms with Crippen molar-refractivity contribution < 1.29 is 4.79 Å². The lowest BCUT2D eigenvalue weighted by atomic mass is 10.1. The topological polar surface area (TPSA) is 42.0 Å². The number of halogens is 1. The summed E-state index contributed by atoms with van der Waals surface area (Å²) in [4.78, 5) is 16.5. The van der Waals surface area contributed by atoms with E-state index in [0.717, 1.165) is 28.0 Å². The molecule has 0 spiro atoms. The summed E-state index contributed by atoms with van der Waals surface area (Å²) in [7, 11) is 0. The average Bonchev–Trinajstić information content (AvgIpc) is 3.16. The van der Waals surface area contributed by atoms with Crippen LogP contribution in [0.25, 0.3) is 0 Å². The molecule has 1 saturated carbocycles. The molecule has 1 aromatic heterocycles. The van der Waals surface area contributed by atoms with Crippen molar-refractivity contribution in [1.82, 2.24) is 10.3 Å². The minimum atomic E-state index is 0.136. The summed E-state index contributed by atoms with van der Waals surface area (Å²) >= 11 is 5.14. The van der Waals surface area contributed by atoms with Gasteiger partial charge in [0, 0.05) is 34.4 Å². The van der Waals surface area contributed by atoms with Crippen LogP contribution in [0.5, 0.6) is 0 Å². The number of carbonyl (C=O) groups is 1. The van der Waals surface area contributed by atoms with Crippen molar-refractivity contribution >= 4 is 33.2 Å². The smallest absolute Gasteiger partial charge is 0.223 e. The number of benzene rings is 1. The SMILES string of the molecule is Cc1csc(CCNC(=O)[C@H]2C[C@@H]2c2cccc(Br)c2)n1. The zero-order chi connectivity index (χ0) is 14.8. The maximum atomic E-state index is 12.1. The van der Waals surface area contributed by atoms with Crippen molar-refractivity contribution in [3.8, 4) is 0 Å². The molecule has 1 aliphatic carbocycles. The van der Waals surface area contributed by atoms with Gasteiger partial charge in [-0.05, 0) is 37.0 Å². The maximum Gasteiger partial charge on any atom is 0.223 e. The first kappa shape index (κ1) is 14.7. The normalized spacial score (nSPS) is 20.3. The molecular formula is C16H17BrN2OS. The molecule has 1 heterocycles. The molecule has 1 amide bonds. The van der Waals surface area contributed by atoms with Gasteiger partial charge in [-0.25, -0.2) is 4.98 Å². The molecule has 0 radical (unpaired) electrons. The monoisotopic (exact) mass is 364 g/mol. The third kappa shape index (κ3) is 3.71. The van der Waals surface area contributed by atoms with Gasteiger partial charge in [0.1, 0.15) is 0 Å². The molecule has 0 saturated heterocycles. The number of amides is 1. The van der Waals surface area contributed by atoms with E-state index >= 15 is 0 Å². The zero-order valence-corrected chi connectivity index (χ0v) is 14.2. The number of nitrogens with zero attached hydrogens (tertiary/aromatic N) is 1. The van der Waals surface area contributed by atoms with Crippen molar-refractivity contribution in [2.24, 2.45) is 5.92 Å². The highest BCUT2D eigenvalue weighted by molar-refractivity contribution is 9.10. The van der Waals surface area contributed by atoms with Crippen LogP contribution in [0.4, 0.5) is 0 Å². The largest absolute Gasteiger partial charge is 0.355 e. The van der Waals surface area contributed by atoms with Gasteiger partial charge in [-0.1, -0.05) is 28.1 Å². The van der Waals surface area contributed by atoms with Gasteiger partial charge >= 0.3 is 0 Å². The Bertz CT molecular complexity index is 655. The summed E-state index contributed by atoms with van der Waals surface area (Å²) < 4.78 is 1.07. The highest BCUT2D eigenvalue weighted by atomic mass is 79.9. The van der Waals surface area contributed by atoms with Crippen molar-refractivity contribution in [2.45, 2.75) is 25.7 Å². The summed E-state index contributed by atoms with van der Waals surface area (Å²) in [6.45, 7) is 2.67. The van der Waals surface area contributed by atoms with Crippen molar-refractivity contribution in [1.29, 1.82) is 0 Å².